The number of methoxy groups -OCH3 is 3. The van der Waals surface area contributed by atoms with Gasteiger partial charge in [0.15, 0.2) is 6.10 Å². The highest BCUT2D eigenvalue weighted by atomic mass is 16.9. The van der Waals surface area contributed by atoms with Gasteiger partial charge in [-0.1, -0.05) is 30.3 Å². The Balaban J connectivity index is 2.17. The Labute approximate surface area is 95.1 Å². The van der Waals surface area contributed by atoms with Gasteiger partial charge in [-0.15, -0.1) is 0 Å². The van der Waals surface area contributed by atoms with Crippen LogP contribution in [0.1, 0.15) is 11.7 Å². The van der Waals surface area contributed by atoms with Crippen molar-refractivity contribution < 1.29 is 18.9 Å². The van der Waals surface area contributed by atoms with Crippen LogP contribution in [0.15, 0.2) is 30.3 Å². The highest BCUT2D eigenvalue weighted by Crippen LogP contribution is 2.45. The lowest BCUT2D eigenvalue weighted by Gasteiger charge is -2.50. The maximum absolute atomic E-state index is 5.65. The van der Waals surface area contributed by atoms with Gasteiger partial charge in [0.05, 0.1) is 0 Å². The maximum Gasteiger partial charge on any atom is 0.314 e. The molecule has 1 aliphatic rings. The summed E-state index contributed by atoms with van der Waals surface area (Å²) in [6.07, 6.45) is -0.406. The van der Waals surface area contributed by atoms with Crippen molar-refractivity contribution in [3.63, 3.8) is 0 Å². The van der Waals surface area contributed by atoms with Crippen molar-refractivity contribution in [2.24, 2.45) is 0 Å². The zero-order chi connectivity index (χ0) is 11.6. The van der Waals surface area contributed by atoms with E-state index in [-0.39, 0.29) is 12.2 Å². The van der Waals surface area contributed by atoms with Crippen molar-refractivity contribution >= 4 is 0 Å². The van der Waals surface area contributed by atoms with Crippen molar-refractivity contribution in [1.29, 1.82) is 0 Å². The molecule has 16 heavy (non-hydrogen) atoms. The van der Waals surface area contributed by atoms with E-state index in [2.05, 4.69) is 0 Å². The summed E-state index contributed by atoms with van der Waals surface area (Å²) in [5, 5.41) is 0. The first-order chi connectivity index (χ1) is 7.77. The van der Waals surface area contributed by atoms with E-state index in [9.17, 15) is 0 Å². The third-order valence-corrected chi connectivity index (χ3v) is 2.87. The first-order valence-corrected chi connectivity index (χ1v) is 5.13. The Hall–Kier alpha value is -0.940. The molecule has 88 valence electrons. The predicted octanol–water partition coefficient (Wildman–Crippen LogP) is 1.72. The third-order valence-electron chi connectivity index (χ3n) is 2.87. The molecule has 0 bridgehead atoms. The summed E-state index contributed by atoms with van der Waals surface area (Å²) in [5.41, 5.74) is 1.05. The minimum Gasteiger partial charge on any atom is -0.370 e. The number of rotatable bonds is 4. The Bertz CT molecular complexity index is 334. The topological polar surface area (TPSA) is 36.9 Å². The van der Waals surface area contributed by atoms with Gasteiger partial charge in [0.25, 0.3) is 0 Å². The zero-order valence-electron chi connectivity index (χ0n) is 9.67. The van der Waals surface area contributed by atoms with Crippen molar-refractivity contribution in [3.05, 3.63) is 35.9 Å². The van der Waals surface area contributed by atoms with Crippen molar-refractivity contribution in [2.75, 3.05) is 21.3 Å². The van der Waals surface area contributed by atoms with E-state index in [0.717, 1.165) is 5.56 Å². The fraction of sp³-hybridized carbons (Fsp3) is 0.500. The summed E-state index contributed by atoms with van der Waals surface area (Å²) in [7, 11) is 4.70. The second-order valence-electron chi connectivity index (χ2n) is 3.62. The molecule has 1 aliphatic heterocycles. The molecule has 1 aromatic rings. The maximum atomic E-state index is 5.65. The number of hydrogen-bond donors (Lipinski definition) is 0. The molecule has 0 radical (unpaired) electrons. The quantitative estimate of drug-likeness (QED) is 0.730. The van der Waals surface area contributed by atoms with Crippen LogP contribution in [-0.4, -0.2) is 33.4 Å². The molecule has 0 saturated carbocycles. The summed E-state index contributed by atoms with van der Waals surface area (Å²) in [6, 6.07) is 9.87. The van der Waals surface area contributed by atoms with Gasteiger partial charge in [0.2, 0.25) is 0 Å². The highest BCUT2D eigenvalue weighted by molar-refractivity contribution is 5.21. The van der Waals surface area contributed by atoms with Crippen LogP contribution in [0.3, 0.4) is 0 Å². The highest BCUT2D eigenvalue weighted by Gasteiger charge is 2.59. The van der Waals surface area contributed by atoms with Crippen LogP contribution < -0.4 is 0 Å². The summed E-state index contributed by atoms with van der Waals surface area (Å²) in [6.45, 7) is 0. The molecule has 0 aromatic heterocycles. The molecule has 4 heteroatoms. The van der Waals surface area contributed by atoms with E-state index in [1.54, 1.807) is 7.11 Å². The lowest BCUT2D eigenvalue weighted by atomic mass is 9.97. The van der Waals surface area contributed by atoms with Gasteiger partial charge in [-0.25, -0.2) is 0 Å². The van der Waals surface area contributed by atoms with Gasteiger partial charge < -0.3 is 18.9 Å². The third kappa shape index (κ3) is 1.64. The molecule has 2 rings (SSSR count). The van der Waals surface area contributed by atoms with Crippen LogP contribution in [-0.2, 0) is 18.9 Å². The van der Waals surface area contributed by atoms with Crippen LogP contribution in [0.5, 0.6) is 0 Å². The fourth-order valence-corrected chi connectivity index (χ4v) is 1.98. The Morgan fingerprint density at radius 2 is 1.69 bits per heavy atom. The van der Waals surface area contributed by atoms with Gasteiger partial charge in [0, 0.05) is 21.3 Å². The first kappa shape index (κ1) is 11.5. The Morgan fingerprint density at radius 1 is 1.06 bits per heavy atom. The summed E-state index contributed by atoms with van der Waals surface area (Å²) in [4.78, 5) is 0. The SMILES string of the molecule is CO[C@H]1[C@@H](c2ccccc2)OC1(OC)OC. The van der Waals surface area contributed by atoms with E-state index in [4.69, 9.17) is 18.9 Å². The van der Waals surface area contributed by atoms with Crippen LogP contribution in [0.2, 0.25) is 0 Å². The Morgan fingerprint density at radius 3 is 2.19 bits per heavy atom. The molecular formula is C12H16O4. The summed E-state index contributed by atoms with van der Waals surface area (Å²) >= 11 is 0. The average molecular weight is 224 g/mol. The number of ether oxygens (including phenoxy) is 4. The van der Waals surface area contributed by atoms with Crippen LogP contribution >= 0.6 is 0 Å². The molecule has 0 unspecified atom stereocenters. The smallest absolute Gasteiger partial charge is 0.314 e. The number of benzene rings is 1. The standard InChI is InChI=1S/C12H16O4/c1-13-11-10(9-7-5-4-6-8-9)16-12(11,14-2)15-3/h4-8,10-11H,1-3H3/t10-,11+/m1/s1. The molecule has 0 spiro atoms. The lowest BCUT2D eigenvalue weighted by Crippen LogP contribution is -2.62. The monoisotopic (exact) mass is 224 g/mol. The van der Waals surface area contributed by atoms with Crippen LogP contribution in [0, 0.1) is 0 Å². The van der Waals surface area contributed by atoms with E-state index in [1.807, 2.05) is 30.3 Å². The van der Waals surface area contributed by atoms with Gasteiger partial charge in [-0.3, -0.25) is 0 Å². The number of hydrogen-bond acceptors (Lipinski definition) is 4. The van der Waals surface area contributed by atoms with Gasteiger partial charge in [0.1, 0.15) is 6.10 Å². The molecular weight excluding hydrogens is 208 g/mol. The van der Waals surface area contributed by atoms with Crippen molar-refractivity contribution in [2.45, 2.75) is 18.2 Å². The van der Waals surface area contributed by atoms with E-state index >= 15 is 0 Å². The van der Waals surface area contributed by atoms with Crippen LogP contribution in [0.4, 0.5) is 0 Å². The predicted molar refractivity (Wildman–Crippen MR) is 57.8 cm³/mol. The molecule has 1 aromatic carbocycles. The van der Waals surface area contributed by atoms with Crippen molar-refractivity contribution in [3.8, 4) is 0 Å². The molecule has 4 nitrogen and oxygen atoms in total. The second-order valence-corrected chi connectivity index (χ2v) is 3.62. The molecule has 0 aliphatic carbocycles. The molecule has 1 saturated heterocycles. The molecule has 1 fully saturated rings. The van der Waals surface area contributed by atoms with Crippen molar-refractivity contribution in [1.82, 2.24) is 0 Å². The molecule has 0 amide bonds. The fourth-order valence-electron chi connectivity index (χ4n) is 1.98. The van der Waals surface area contributed by atoms with Gasteiger partial charge >= 0.3 is 5.97 Å². The van der Waals surface area contributed by atoms with E-state index < -0.39 is 5.97 Å². The summed E-state index contributed by atoms with van der Waals surface area (Å²) in [5.74, 6) is -1.07. The lowest BCUT2D eigenvalue weighted by molar-refractivity contribution is -0.495. The van der Waals surface area contributed by atoms with Gasteiger partial charge in [-0.05, 0) is 5.56 Å². The molecule has 2 atom stereocenters. The second kappa shape index (κ2) is 4.51. The molecule has 1 heterocycles. The summed E-state index contributed by atoms with van der Waals surface area (Å²) < 4.78 is 21.4. The average Bonchev–Trinajstić information content (AvgIpc) is 2.31. The van der Waals surface area contributed by atoms with Crippen LogP contribution in [0.25, 0.3) is 0 Å². The minimum absolute atomic E-state index is 0.147. The van der Waals surface area contributed by atoms with E-state index in [0.29, 0.717) is 0 Å². The first-order valence-electron chi connectivity index (χ1n) is 5.13. The largest absolute Gasteiger partial charge is 0.370 e. The van der Waals surface area contributed by atoms with Gasteiger partial charge in [-0.2, -0.15) is 0 Å². The zero-order valence-corrected chi connectivity index (χ0v) is 9.67. The normalized spacial score (nSPS) is 27.4. The Kier molecular flexibility index (Phi) is 3.25. The van der Waals surface area contributed by atoms with E-state index in [1.165, 1.54) is 14.2 Å². The minimum atomic E-state index is -1.07. The molecule has 0 N–H and O–H groups in total.